The van der Waals surface area contributed by atoms with Gasteiger partial charge in [0.05, 0.1) is 18.1 Å². The monoisotopic (exact) mass is 168 g/mol. The Bertz CT molecular complexity index is 232. The Morgan fingerprint density at radius 1 is 1.67 bits per heavy atom. The number of aliphatic hydroxyl groups excluding tert-OH is 1. The van der Waals surface area contributed by atoms with Crippen molar-refractivity contribution in [3.05, 3.63) is 18.2 Å². The van der Waals surface area contributed by atoms with Gasteiger partial charge in [0, 0.05) is 13.2 Å². The molecule has 0 aliphatic heterocycles. The molecule has 0 amide bonds. The molecule has 0 spiro atoms. The van der Waals surface area contributed by atoms with E-state index in [1.165, 1.54) is 0 Å². The SMILES string of the molecule is CCCCC(O)c1cn(C)cn1. The summed E-state index contributed by atoms with van der Waals surface area (Å²) in [5, 5.41) is 9.59. The third-order valence-electron chi connectivity index (χ3n) is 1.90. The van der Waals surface area contributed by atoms with E-state index in [9.17, 15) is 5.11 Å². The number of hydrogen-bond donors (Lipinski definition) is 1. The highest BCUT2D eigenvalue weighted by atomic mass is 16.3. The third-order valence-corrected chi connectivity index (χ3v) is 1.90. The fourth-order valence-electron chi connectivity index (χ4n) is 1.15. The maximum atomic E-state index is 9.59. The molecule has 0 radical (unpaired) electrons. The first-order valence-electron chi connectivity index (χ1n) is 4.40. The molecule has 0 aliphatic rings. The minimum atomic E-state index is -0.383. The van der Waals surface area contributed by atoms with Gasteiger partial charge >= 0.3 is 0 Å². The summed E-state index contributed by atoms with van der Waals surface area (Å²) in [5.41, 5.74) is 0.783. The maximum absolute atomic E-state index is 9.59. The third kappa shape index (κ3) is 2.34. The Morgan fingerprint density at radius 2 is 2.42 bits per heavy atom. The Balaban J connectivity index is 2.47. The molecule has 68 valence electrons. The summed E-state index contributed by atoms with van der Waals surface area (Å²) in [6, 6.07) is 0. The number of aliphatic hydroxyl groups is 1. The van der Waals surface area contributed by atoms with E-state index >= 15 is 0 Å². The molecule has 1 aromatic rings. The Labute approximate surface area is 73.1 Å². The number of imidazole rings is 1. The Kier molecular flexibility index (Phi) is 3.29. The molecular weight excluding hydrogens is 152 g/mol. The second-order valence-corrected chi connectivity index (χ2v) is 3.12. The molecule has 0 aromatic carbocycles. The van der Waals surface area contributed by atoms with Crippen molar-refractivity contribution in [2.24, 2.45) is 7.05 Å². The van der Waals surface area contributed by atoms with Crippen LogP contribution in [0, 0.1) is 0 Å². The van der Waals surface area contributed by atoms with E-state index in [0.29, 0.717) is 0 Å². The van der Waals surface area contributed by atoms with Crippen LogP contribution in [0.15, 0.2) is 12.5 Å². The van der Waals surface area contributed by atoms with Crippen LogP contribution in [0.4, 0.5) is 0 Å². The van der Waals surface area contributed by atoms with E-state index in [1.807, 2.05) is 17.8 Å². The largest absolute Gasteiger partial charge is 0.387 e. The van der Waals surface area contributed by atoms with Gasteiger partial charge in [-0.2, -0.15) is 0 Å². The fourth-order valence-corrected chi connectivity index (χ4v) is 1.15. The van der Waals surface area contributed by atoms with Crippen LogP contribution in [-0.4, -0.2) is 14.7 Å². The van der Waals surface area contributed by atoms with Gasteiger partial charge in [-0.1, -0.05) is 19.8 Å². The van der Waals surface area contributed by atoms with E-state index in [-0.39, 0.29) is 6.10 Å². The van der Waals surface area contributed by atoms with Gasteiger partial charge in [0.15, 0.2) is 0 Å². The predicted molar refractivity (Wildman–Crippen MR) is 47.7 cm³/mol. The molecule has 3 heteroatoms. The molecule has 3 nitrogen and oxygen atoms in total. The molecular formula is C9H16N2O. The molecule has 1 atom stereocenters. The van der Waals surface area contributed by atoms with Gasteiger partial charge in [-0.15, -0.1) is 0 Å². The van der Waals surface area contributed by atoms with Gasteiger partial charge in [-0.25, -0.2) is 4.98 Å². The van der Waals surface area contributed by atoms with Crippen LogP contribution in [-0.2, 0) is 7.05 Å². The van der Waals surface area contributed by atoms with E-state index in [2.05, 4.69) is 11.9 Å². The van der Waals surface area contributed by atoms with Crippen molar-refractivity contribution in [2.75, 3.05) is 0 Å². The van der Waals surface area contributed by atoms with Crippen LogP contribution in [0.1, 0.15) is 38.0 Å². The molecule has 0 fully saturated rings. The van der Waals surface area contributed by atoms with Gasteiger partial charge in [0.2, 0.25) is 0 Å². The summed E-state index contributed by atoms with van der Waals surface area (Å²) in [6.07, 6.45) is 6.17. The van der Waals surface area contributed by atoms with Crippen LogP contribution in [0.3, 0.4) is 0 Å². The van der Waals surface area contributed by atoms with Gasteiger partial charge in [0.25, 0.3) is 0 Å². The number of nitrogens with zero attached hydrogens (tertiary/aromatic N) is 2. The number of aromatic nitrogens is 2. The van der Waals surface area contributed by atoms with Gasteiger partial charge in [-0.05, 0) is 6.42 Å². The Morgan fingerprint density at radius 3 is 2.92 bits per heavy atom. The summed E-state index contributed by atoms with van der Waals surface area (Å²) in [7, 11) is 1.91. The lowest BCUT2D eigenvalue weighted by atomic mass is 10.1. The molecule has 0 aliphatic carbocycles. The van der Waals surface area contributed by atoms with Gasteiger partial charge < -0.3 is 9.67 Å². The molecule has 0 bridgehead atoms. The second-order valence-electron chi connectivity index (χ2n) is 3.12. The van der Waals surface area contributed by atoms with E-state index in [4.69, 9.17) is 0 Å². The zero-order chi connectivity index (χ0) is 8.97. The first-order chi connectivity index (χ1) is 5.74. The van der Waals surface area contributed by atoms with Gasteiger partial charge in [0.1, 0.15) is 0 Å². The summed E-state index contributed by atoms with van der Waals surface area (Å²) in [6.45, 7) is 2.12. The second kappa shape index (κ2) is 4.26. The highest BCUT2D eigenvalue weighted by Crippen LogP contribution is 2.16. The van der Waals surface area contributed by atoms with Crippen molar-refractivity contribution in [2.45, 2.75) is 32.3 Å². The number of aryl methyl sites for hydroxylation is 1. The van der Waals surface area contributed by atoms with E-state index in [1.54, 1.807) is 6.33 Å². The number of hydrogen-bond acceptors (Lipinski definition) is 2. The summed E-state index contributed by atoms with van der Waals surface area (Å²) in [5.74, 6) is 0. The molecule has 0 saturated carbocycles. The number of unbranched alkanes of at least 4 members (excludes halogenated alkanes) is 1. The van der Waals surface area contributed by atoms with Crippen molar-refractivity contribution in [1.29, 1.82) is 0 Å². The summed E-state index contributed by atoms with van der Waals surface area (Å²) < 4.78 is 1.85. The highest BCUT2D eigenvalue weighted by Gasteiger charge is 2.08. The van der Waals surface area contributed by atoms with Gasteiger partial charge in [-0.3, -0.25) is 0 Å². The van der Waals surface area contributed by atoms with Crippen LogP contribution >= 0.6 is 0 Å². The summed E-state index contributed by atoms with van der Waals surface area (Å²) >= 11 is 0. The lowest BCUT2D eigenvalue weighted by Gasteiger charge is -2.05. The average Bonchev–Trinajstić information content (AvgIpc) is 2.47. The quantitative estimate of drug-likeness (QED) is 0.742. The molecule has 1 rings (SSSR count). The van der Waals surface area contributed by atoms with Crippen LogP contribution in [0.2, 0.25) is 0 Å². The van der Waals surface area contributed by atoms with Crippen molar-refractivity contribution >= 4 is 0 Å². The molecule has 1 aromatic heterocycles. The maximum Gasteiger partial charge on any atom is 0.0975 e. The predicted octanol–water partition coefficient (Wildman–Crippen LogP) is 1.64. The molecule has 12 heavy (non-hydrogen) atoms. The highest BCUT2D eigenvalue weighted by molar-refractivity contribution is 5.00. The smallest absolute Gasteiger partial charge is 0.0975 e. The standard InChI is InChI=1S/C9H16N2O/c1-3-4-5-9(12)8-6-11(2)7-10-8/h6-7,9,12H,3-5H2,1-2H3. The molecule has 0 saturated heterocycles. The van der Waals surface area contributed by atoms with Crippen LogP contribution in [0.5, 0.6) is 0 Å². The minimum Gasteiger partial charge on any atom is -0.387 e. The Hall–Kier alpha value is -0.830. The van der Waals surface area contributed by atoms with Crippen LogP contribution in [0.25, 0.3) is 0 Å². The topological polar surface area (TPSA) is 38.0 Å². The fraction of sp³-hybridized carbons (Fsp3) is 0.667. The lowest BCUT2D eigenvalue weighted by Crippen LogP contribution is -1.97. The first-order valence-corrected chi connectivity index (χ1v) is 4.40. The zero-order valence-electron chi connectivity index (χ0n) is 7.70. The van der Waals surface area contributed by atoms with Crippen molar-refractivity contribution in [3.63, 3.8) is 0 Å². The van der Waals surface area contributed by atoms with Crippen LogP contribution < -0.4 is 0 Å². The normalized spacial score (nSPS) is 13.2. The zero-order valence-corrected chi connectivity index (χ0v) is 7.70. The van der Waals surface area contributed by atoms with E-state index in [0.717, 1.165) is 25.0 Å². The summed E-state index contributed by atoms with van der Waals surface area (Å²) in [4.78, 5) is 4.08. The van der Waals surface area contributed by atoms with E-state index < -0.39 is 0 Å². The minimum absolute atomic E-state index is 0.383. The van der Waals surface area contributed by atoms with Crippen molar-refractivity contribution in [1.82, 2.24) is 9.55 Å². The lowest BCUT2D eigenvalue weighted by molar-refractivity contribution is 0.160. The molecule has 1 N–H and O–H groups in total. The molecule has 1 unspecified atom stereocenters. The number of rotatable bonds is 4. The molecule has 1 heterocycles. The van der Waals surface area contributed by atoms with Crippen molar-refractivity contribution < 1.29 is 5.11 Å². The first kappa shape index (κ1) is 9.26. The average molecular weight is 168 g/mol. The van der Waals surface area contributed by atoms with Crippen molar-refractivity contribution in [3.8, 4) is 0 Å².